The van der Waals surface area contributed by atoms with E-state index >= 15 is 0 Å². The Kier molecular flexibility index (Phi) is 8.12. The molecule has 3 aromatic heterocycles. The lowest BCUT2D eigenvalue weighted by Crippen LogP contribution is -2.29. The normalized spacial score (nSPS) is 10.5. The summed E-state index contributed by atoms with van der Waals surface area (Å²) in [6.07, 6.45) is 0.202. The number of H-pyrrole nitrogens is 1. The zero-order chi connectivity index (χ0) is 27.3. The third-order valence-electron chi connectivity index (χ3n) is 4.56. The predicted molar refractivity (Wildman–Crippen MR) is 134 cm³/mol. The topological polar surface area (TPSA) is 243 Å². The number of anilines is 3. The van der Waals surface area contributed by atoms with Crippen LogP contribution in [0.25, 0.3) is 0 Å². The minimum atomic E-state index is -0.721. The zero-order valence-corrected chi connectivity index (χ0v) is 21.1. The quantitative estimate of drug-likeness (QED) is 0.0948. The number of halogens is 1. The van der Waals surface area contributed by atoms with Gasteiger partial charge in [-0.1, -0.05) is 6.58 Å². The van der Waals surface area contributed by atoms with E-state index in [1.165, 1.54) is 35.6 Å². The Bertz CT molecular complexity index is 1400. The van der Waals surface area contributed by atoms with Crippen LogP contribution in [0.4, 0.5) is 17.6 Å². The van der Waals surface area contributed by atoms with Crippen molar-refractivity contribution in [3.05, 3.63) is 40.4 Å². The minimum absolute atomic E-state index is 0.0417. The van der Waals surface area contributed by atoms with Crippen molar-refractivity contribution in [2.75, 3.05) is 22.5 Å². The summed E-state index contributed by atoms with van der Waals surface area (Å²) in [7, 11) is 3.02. The summed E-state index contributed by atoms with van der Waals surface area (Å²) < 4.78 is 2.57. The van der Waals surface area contributed by atoms with Crippen molar-refractivity contribution in [2.24, 2.45) is 19.8 Å². The molecule has 194 valence electrons. The first-order valence-corrected chi connectivity index (χ1v) is 11.1. The molecule has 17 nitrogen and oxygen atoms in total. The Morgan fingerprint density at radius 3 is 2.16 bits per heavy atom. The van der Waals surface area contributed by atoms with Gasteiger partial charge in [-0.05, 0) is 15.9 Å². The second kappa shape index (κ2) is 11.2. The molecule has 4 amide bonds. The SMILES string of the molecule is C=C(Br)C(=O)Nc1n[nH]c(C(=O)Nc2cc(C(=O)Nc3cc(C(=O)NCCC(=N)N)n(C)n3)n(C)n2)n1. The number of aromatic nitrogens is 7. The van der Waals surface area contributed by atoms with E-state index in [0.29, 0.717) is 0 Å². The van der Waals surface area contributed by atoms with Gasteiger partial charge >= 0.3 is 0 Å². The van der Waals surface area contributed by atoms with Crippen LogP contribution >= 0.6 is 15.9 Å². The number of carbonyl (C=O) groups excluding carboxylic acids is 4. The van der Waals surface area contributed by atoms with Crippen LogP contribution in [-0.4, -0.2) is 70.8 Å². The zero-order valence-electron chi connectivity index (χ0n) is 19.5. The van der Waals surface area contributed by atoms with Crippen molar-refractivity contribution >= 4 is 63.0 Å². The van der Waals surface area contributed by atoms with E-state index < -0.39 is 23.6 Å². The molecule has 37 heavy (non-hydrogen) atoms. The molecule has 0 fully saturated rings. The largest absolute Gasteiger partial charge is 0.388 e. The molecule has 0 aliphatic rings. The summed E-state index contributed by atoms with van der Waals surface area (Å²) in [5, 5.41) is 31.4. The predicted octanol–water partition coefficient (Wildman–Crippen LogP) is -0.321. The molecule has 0 aliphatic carbocycles. The van der Waals surface area contributed by atoms with Gasteiger partial charge in [0.25, 0.3) is 23.6 Å². The van der Waals surface area contributed by atoms with Gasteiger partial charge in [-0.2, -0.15) is 15.2 Å². The van der Waals surface area contributed by atoms with Crippen LogP contribution < -0.4 is 27.0 Å². The van der Waals surface area contributed by atoms with Gasteiger partial charge in [-0.15, -0.1) is 5.10 Å². The number of nitrogens with zero attached hydrogens (tertiary/aromatic N) is 6. The lowest BCUT2D eigenvalue weighted by molar-refractivity contribution is -0.112. The van der Waals surface area contributed by atoms with Gasteiger partial charge in [0.2, 0.25) is 11.8 Å². The molecule has 8 N–H and O–H groups in total. The fourth-order valence-corrected chi connectivity index (χ4v) is 2.93. The van der Waals surface area contributed by atoms with E-state index in [-0.39, 0.29) is 58.1 Å². The lowest BCUT2D eigenvalue weighted by atomic mass is 10.3. The number of hydrogen-bond donors (Lipinski definition) is 7. The monoisotopic (exact) mass is 575 g/mol. The summed E-state index contributed by atoms with van der Waals surface area (Å²) in [5.41, 5.74) is 5.53. The summed E-state index contributed by atoms with van der Waals surface area (Å²) in [6, 6.07) is 2.70. The molecule has 3 rings (SSSR count). The number of rotatable bonds is 10. The van der Waals surface area contributed by atoms with Gasteiger partial charge in [0, 0.05) is 39.2 Å². The third kappa shape index (κ3) is 6.84. The van der Waals surface area contributed by atoms with Crippen LogP contribution in [0.1, 0.15) is 38.0 Å². The number of amidine groups is 1. The molecule has 0 radical (unpaired) electrons. The van der Waals surface area contributed by atoms with Crippen molar-refractivity contribution in [1.82, 2.24) is 40.1 Å². The van der Waals surface area contributed by atoms with Crippen LogP contribution in [0, 0.1) is 5.41 Å². The van der Waals surface area contributed by atoms with Crippen molar-refractivity contribution in [2.45, 2.75) is 6.42 Å². The molecular weight excluding hydrogens is 554 g/mol. The summed E-state index contributed by atoms with van der Waals surface area (Å²) >= 11 is 2.92. The number of aryl methyl sites for hydroxylation is 2. The molecule has 0 saturated carbocycles. The number of carbonyl (C=O) groups is 4. The van der Waals surface area contributed by atoms with E-state index in [0.717, 1.165) is 0 Å². The average molecular weight is 576 g/mol. The van der Waals surface area contributed by atoms with Gasteiger partial charge in [0.15, 0.2) is 11.6 Å². The number of amides is 4. The van der Waals surface area contributed by atoms with E-state index in [9.17, 15) is 19.2 Å². The smallest absolute Gasteiger partial charge is 0.294 e. The minimum Gasteiger partial charge on any atom is -0.388 e. The maximum Gasteiger partial charge on any atom is 0.294 e. The fourth-order valence-electron chi connectivity index (χ4n) is 2.83. The molecule has 18 heteroatoms. The Balaban J connectivity index is 1.63. The van der Waals surface area contributed by atoms with Gasteiger partial charge in [-0.25, -0.2) is 0 Å². The second-order valence-electron chi connectivity index (χ2n) is 7.38. The van der Waals surface area contributed by atoms with Crippen LogP contribution in [0.3, 0.4) is 0 Å². The van der Waals surface area contributed by atoms with Crippen LogP contribution in [-0.2, 0) is 18.9 Å². The first kappa shape index (κ1) is 26.7. The van der Waals surface area contributed by atoms with Crippen LogP contribution in [0.15, 0.2) is 23.2 Å². The highest BCUT2D eigenvalue weighted by atomic mass is 79.9. The molecule has 3 heterocycles. The van der Waals surface area contributed by atoms with Crippen molar-refractivity contribution < 1.29 is 19.2 Å². The Labute approximate surface area is 216 Å². The standard InChI is InChI=1S/C19H22BrN13O4/c1-8(20)15(34)27-19-26-14(28-29-19)18(37)25-13-7-10(33(3)31-13)17(36)24-12-6-9(32(2)30-12)16(35)23-5-4-11(21)22/h6-7H,1,4-5H2,2-3H3,(H3,21,22)(H,23,35)(H,24,30,36)(H,25,31,37)(H2,26,27,28,29,34). The Morgan fingerprint density at radius 2 is 1.59 bits per heavy atom. The highest BCUT2D eigenvalue weighted by Crippen LogP contribution is 2.14. The van der Waals surface area contributed by atoms with E-state index in [1.54, 1.807) is 0 Å². The van der Waals surface area contributed by atoms with Crippen molar-refractivity contribution in [1.29, 1.82) is 5.41 Å². The molecule has 0 aliphatic heterocycles. The molecule has 0 aromatic carbocycles. The summed E-state index contributed by atoms with van der Waals surface area (Å²) in [5.74, 6) is -2.61. The number of nitrogens with one attached hydrogen (secondary N) is 6. The van der Waals surface area contributed by atoms with Crippen LogP contribution in [0.2, 0.25) is 0 Å². The van der Waals surface area contributed by atoms with Gasteiger partial charge in [0.05, 0.1) is 10.3 Å². The molecule has 3 aromatic rings. The molecule has 0 unspecified atom stereocenters. The van der Waals surface area contributed by atoms with E-state index in [1.807, 2.05) is 0 Å². The Hall–Kier alpha value is -4.87. The molecule has 0 bridgehead atoms. The number of nitrogens with two attached hydrogens (primary N) is 1. The highest BCUT2D eigenvalue weighted by Gasteiger charge is 2.20. The van der Waals surface area contributed by atoms with Crippen molar-refractivity contribution in [3.63, 3.8) is 0 Å². The molecule has 0 saturated heterocycles. The molecule has 0 atom stereocenters. The van der Waals surface area contributed by atoms with Gasteiger partial charge < -0.3 is 21.7 Å². The highest BCUT2D eigenvalue weighted by molar-refractivity contribution is 9.12. The van der Waals surface area contributed by atoms with Gasteiger partial charge in [0.1, 0.15) is 11.4 Å². The number of hydrogen-bond acceptors (Lipinski definition) is 9. The van der Waals surface area contributed by atoms with E-state index in [4.69, 9.17) is 11.1 Å². The molecule has 0 spiro atoms. The van der Waals surface area contributed by atoms with Gasteiger partial charge in [-0.3, -0.25) is 44.4 Å². The van der Waals surface area contributed by atoms with Crippen LogP contribution in [0.5, 0.6) is 0 Å². The Morgan fingerprint density at radius 1 is 1.03 bits per heavy atom. The first-order chi connectivity index (χ1) is 17.4. The van der Waals surface area contributed by atoms with E-state index in [2.05, 4.69) is 69.2 Å². The third-order valence-corrected chi connectivity index (χ3v) is 4.92. The first-order valence-electron chi connectivity index (χ1n) is 10.3. The lowest BCUT2D eigenvalue weighted by Gasteiger charge is -2.03. The average Bonchev–Trinajstić information content (AvgIpc) is 3.52. The maximum atomic E-state index is 12.8. The second-order valence-corrected chi connectivity index (χ2v) is 8.34. The number of aromatic amines is 1. The molecular formula is C19H22BrN13O4. The maximum absolute atomic E-state index is 12.8. The summed E-state index contributed by atoms with van der Waals surface area (Å²) in [6.45, 7) is 3.59. The van der Waals surface area contributed by atoms with Crippen molar-refractivity contribution in [3.8, 4) is 0 Å². The summed E-state index contributed by atoms with van der Waals surface area (Å²) in [4.78, 5) is 52.9. The fraction of sp³-hybridized carbons (Fsp3) is 0.211.